The van der Waals surface area contributed by atoms with Crippen molar-refractivity contribution in [3.8, 4) is 17.2 Å². The maximum absolute atomic E-state index is 13.6. The standard InChI is InChI=1S/C50H83N3O7/c1-4-7-10-13-16-19-22-25-28-31-38-58-46-41-44(50(55)52-51-49(54)43-34-36-45(37-35-43)53(56)57)42-47(59-39-32-29-26-23-20-17-14-11-8-5-2)48(46)60-40-33-30-27-24-21-18-15-12-9-6-3/h34-37,41-42H,4-33,38-40H2,1-3H3,(H,51,54)(H,52,55). The van der Waals surface area contributed by atoms with Crippen LogP contribution >= 0.6 is 0 Å². The van der Waals surface area contributed by atoms with Crippen molar-refractivity contribution in [3.63, 3.8) is 0 Å². The molecule has 2 aromatic rings. The van der Waals surface area contributed by atoms with Gasteiger partial charge < -0.3 is 14.2 Å². The molecule has 0 aromatic heterocycles. The monoisotopic (exact) mass is 838 g/mol. The Labute approximate surface area is 364 Å². The predicted molar refractivity (Wildman–Crippen MR) is 246 cm³/mol. The molecule has 340 valence electrons. The number of nitro benzene ring substituents is 1. The molecule has 2 rings (SSSR count). The Morgan fingerprint density at radius 3 is 1.08 bits per heavy atom. The summed E-state index contributed by atoms with van der Waals surface area (Å²) in [6, 6.07) is 8.54. The molecule has 2 amide bonds. The van der Waals surface area contributed by atoms with Crippen molar-refractivity contribution in [3.05, 3.63) is 57.6 Å². The average molecular weight is 838 g/mol. The molecule has 2 N–H and O–H groups in total. The van der Waals surface area contributed by atoms with Gasteiger partial charge in [0.1, 0.15) is 0 Å². The van der Waals surface area contributed by atoms with Crippen LogP contribution in [0.4, 0.5) is 5.69 Å². The van der Waals surface area contributed by atoms with Gasteiger partial charge in [-0.05, 0) is 43.5 Å². The van der Waals surface area contributed by atoms with E-state index in [1.807, 2.05) is 0 Å². The number of nitrogens with one attached hydrogen (secondary N) is 2. The van der Waals surface area contributed by atoms with Crippen molar-refractivity contribution in [2.75, 3.05) is 19.8 Å². The maximum Gasteiger partial charge on any atom is 0.269 e. The van der Waals surface area contributed by atoms with E-state index in [1.54, 1.807) is 12.1 Å². The summed E-state index contributed by atoms with van der Waals surface area (Å²) in [5, 5.41) is 11.1. The first-order valence-corrected chi connectivity index (χ1v) is 24.3. The van der Waals surface area contributed by atoms with Gasteiger partial charge in [0, 0.05) is 23.3 Å². The number of amides is 2. The number of carbonyl (C=O) groups excluding carboxylic acids is 2. The lowest BCUT2D eigenvalue weighted by Gasteiger charge is -2.19. The number of hydrogen-bond donors (Lipinski definition) is 2. The van der Waals surface area contributed by atoms with E-state index in [0.717, 1.165) is 38.5 Å². The molecule has 0 aliphatic rings. The van der Waals surface area contributed by atoms with E-state index in [9.17, 15) is 19.7 Å². The highest BCUT2D eigenvalue weighted by Gasteiger charge is 2.20. The fourth-order valence-electron chi connectivity index (χ4n) is 7.36. The molecule has 0 fully saturated rings. The number of benzene rings is 2. The highest BCUT2D eigenvalue weighted by atomic mass is 16.6. The third-order valence-electron chi connectivity index (χ3n) is 11.2. The molecule has 10 heteroatoms. The lowest BCUT2D eigenvalue weighted by atomic mass is 10.1. The lowest BCUT2D eigenvalue weighted by Crippen LogP contribution is -2.41. The van der Waals surface area contributed by atoms with Crippen LogP contribution in [-0.4, -0.2) is 36.6 Å². The molecule has 0 bridgehead atoms. The molecule has 10 nitrogen and oxygen atoms in total. The van der Waals surface area contributed by atoms with Gasteiger partial charge in [-0.15, -0.1) is 0 Å². The van der Waals surface area contributed by atoms with Crippen molar-refractivity contribution in [1.82, 2.24) is 10.9 Å². The Morgan fingerprint density at radius 2 is 0.750 bits per heavy atom. The van der Waals surface area contributed by atoms with Crippen molar-refractivity contribution in [2.24, 2.45) is 0 Å². The number of nitro groups is 1. The van der Waals surface area contributed by atoms with E-state index < -0.39 is 16.7 Å². The average Bonchev–Trinajstić information content (AvgIpc) is 3.25. The molecule has 0 aliphatic carbocycles. The highest BCUT2D eigenvalue weighted by Crippen LogP contribution is 2.40. The van der Waals surface area contributed by atoms with E-state index in [0.29, 0.717) is 37.1 Å². The summed E-state index contributed by atoms with van der Waals surface area (Å²) in [5.41, 5.74) is 5.25. The van der Waals surface area contributed by atoms with Crippen molar-refractivity contribution in [1.29, 1.82) is 0 Å². The number of hydrogen-bond acceptors (Lipinski definition) is 7. The van der Waals surface area contributed by atoms with E-state index in [1.165, 1.54) is 178 Å². The zero-order valence-corrected chi connectivity index (χ0v) is 38.1. The van der Waals surface area contributed by atoms with Gasteiger partial charge in [0.05, 0.1) is 24.7 Å². The minimum atomic E-state index is -0.593. The summed E-state index contributed by atoms with van der Waals surface area (Å²) in [5.74, 6) is 0.316. The molecule has 0 radical (unpaired) electrons. The van der Waals surface area contributed by atoms with Gasteiger partial charge in [-0.1, -0.05) is 194 Å². The largest absolute Gasteiger partial charge is 0.490 e. The van der Waals surface area contributed by atoms with Gasteiger partial charge in [0.25, 0.3) is 17.5 Å². The zero-order chi connectivity index (χ0) is 43.3. The van der Waals surface area contributed by atoms with Gasteiger partial charge in [-0.3, -0.25) is 30.6 Å². The molecule has 0 atom stereocenters. The Morgan fingerprint density at radius 1 is 0.450 bits per heavy atom. The SMILES string of the molecule is CCCCCCCCCCCCOc1cc(C(=O)NNC(=O)c2ccc([N+](=O)[O-])cc2)cc(OCCCCCCCCCCCC)c1OCCCCCCCCCCCC. The highest BCUT2D eigenvalue weighted by molar-refractivity contribution is 5.99. The van der Waals surface area contributed by atoms with Gasteiger partial charge in [0.15, 0.2) is 11.5 Å². The quantitative estimate of drug-likeness (QED) is 0.0390. The van der Waals surface area contributed by atoms with E-state index in [-0.39, 0.29) is 16.8 Å². The molecule has 0 saturated heterocycles. The summed E-state index contributed by atoms with van der Waals surface area (Å²) in [6.45, 7) is 8.26. The minimum absolute atomic E-state index is 0.123. The molecule has 0 saturated carbocycles. The number of carbonyl (C=O) groups is 2. The second kappa shape index (κ2) is 35.9. The van der Waals surface area contributed by atoms with Crippen LogP contribution < -0.4 is 25.1 Å². The van der Waals surface area contributed by atoms with Crippen molar-refractivity contribution < 1.29 is 28.7 Å². The fraction of sp³-hybridized carbons (Fsp3) is 0.720. The molecule has 0 heterocycles. The van der Waals surface area contributed by atoms with Crippen molar-refractivity contribution in [2.45, 2.75) is 213 Å². The summed E-state index contributed by atoms with van der Waals surface area (Å²) in [6.07, 6.45) is 36.8. The smallest absolute Gasteiger partial charge is 0.269 e. The second-order valence-electron chi connectivity index (χ2n) is 16.6. The Hall–Kier alpha value is -3.82. The number of rotatable bonds is 39. The molecular weight excluding hydrogens is 755 g/mol. The third-order valence-corrected chi connectivity index (χ3v) is 11.2. The summed E-state index contributed by atoms with van der Waals surface area (Å²) in [7, 11) is 0. The molecule has 0 unspecified atom stereocenters. The van der Waals surface area contributed by atoms with Gasteiger partial charge >= 0.3 is 0 Å². The molecule has 2 aromatic carbocycles. The van der Waals surface area contributed by atoms with E-state index in [4.69, 9.17) is 14.2 Å². The first-order chi connectivity index (χ1) is 29.4. The number of unbranched alkanes of at least 4 members (excludes halogenated alkanes) is 27. The van der Waals surface area contributed by atoms with Crippen LogP contribution in [-0.2, 0) is 0 Å². The van der Waals surface area contributed by atoms with Gasteiger partial charge in [0.2, 0.25) is 5.75 Å². The zero-order valence-electron chi connectivity index (χ0n) is 38.1. The molecular formula is C50H83N3O7. The van der Waals surface area contributed by atoms with Crippen LogP contribution in [0.1, 0.15) is 234 Å². The van der Waals surface area contributed by atoms with E-state index in [2.05, 4.69) is 31.6 Å². The fourth-order valence-corrected chi connectivity index (χ4v) is 7.36. The molecule has 0 aliphatic heterocycles. The number of hydrazine groups is 1. The Bertz CT molecular complexity index is 1350. The van der Waals surface area contributed by atoms with Crippen LogP contribution in [0.2, 0.25) is 0 Å². The topological polar surface area (TPSA) is 129 Å². The van der Waals surface area contributed by atoms with Crippen molar-refractivity contribution >= 4 is 17.5 Å². The number of non-ortho nitro benzene ring substituents is 1. The van der Waals surface area contributed by atoms with Crippen LogP contribution in [0, 0.1) is 10.1 Å². The van der Waals surface area contributed by atoms with Gasteiger partial charge in [-0.2, -0.15) is 0 Å². The maximum atomic E-state index is 13.6. The summed E-state index contributed by atoms with van der Waals surface area (Å²) < 4.78 is 19.3. The normalized spacial score (nSPS) is 11.1. The lowest BCUT2D eigenvalue weighted by molar-refractivity contribution is -0.384. The van der Waals surface area contributed by atoms with Crippen LogP contribution in [0.15, 0.2) is 36.4 Å². The van der Waals surface area contributed by atoms with Crippen LogP contribution in [0.5, 0.6) is 17.2 Å². The number of nitrogens with zero attached hydrogens (tertiary/aromatic N) is 1. The first kappa shape index (κ1) is 52.3. The predicted octanol–water partition coefficient (Wildman–Crippen LogP) is 14.6. The first-order valence-electron chi connectivity index (χ1n) is 24.3. The molecule has 0 spiro atoms. The van der Waals surface area contributed by atoms with Crippen LogP contribution in [0.25, 0.3) is 0 Å². The number of ether oxygens (including phenoxy) is 3. The third kappa shape index (κ3) is 25.1. The van der Waals surface area contributed by atoms with Gasteiger partial charge in [-0.25, -0.2) is 0 Å². The summed E-state index contributed by atoms with van der Waals surface area (Å²) >= 11 is 0. The van der Waals surface area contributed by atoms with E-state index >= 15 is 0 Å². The Kier molecular flexibility index (Phi) is 31.3. The second-order valence-corrected chi connectivity index (χ2v) is 16.6. The van der Waals surface area contributed by atoms with Crippen LogP contribution in [0.3, 0.4) is 0 Å². The molecule has 60 heavy (non-hydrogen) atoms. The minimum Gasteiger partial charge on any atom is -0.490 e. The Balaban J connectivity index is 2.11. The summed E-state index contributed by atoms with van der Waals surface area (Å²) in [4.78, 5) is 36.9.